The van der Waals surface area contributed by atoms with Crippen molar-refractivity contribution in [3.8, 4) is 0 Å². The summed E-state index contributed by atoms with van der Waals surface area (Å²) in [5.41, 5.74) is 1.60. The number of rotatable bonds is 4. The number of benzene rings is 1. The summed E-state index contributed by atoms with van der Waals surface area (Å²) < 4.78 is 15.5. The van der Waals surface area contributed by atoms with E-state index in [2.05, 4.69) is 10.3 Å². The first-order chi connectivity index (χ1) is 8.20. The van der Waals surface area contributed by atoms with Crippen molar-refractivity contribution in [1.82, 2.24) is 9.55 Å². The number of anilines is 1. The summed E-state index contributed by atoms with van der Waals surface area (Å²) in [5, 5.41) is 3.17. The first-order valence-electron chi connectivity index (χ1n) is 5.71. The van der Waals surface area contributed by atoms with Gasteiger partial charge in [0.25, 0.3) is 0 Å². The molecule has 0 unspecified atom stereocenters. The summed E-state index contributed by atoms with van der Waals surface area (Å²) in [5.74, 6) is 0.606. The van der Waals surface area contributed by atoms with Gasteiger partial charge < -0.3 is 9.88 Å². The lowest BCUT2D eigenvalue weighted by atomic mass is 10.2. The van der Waals surface area contributed by atoms with Gasteiger partial charge in [0.15, 0.2) is 0 Å². The number of aromatic nitrogens is 2. The predicted molar refractivity (Wildman–Crippen MR) is 66.6 cm³/mol. The van der Waals surface area contributed by atoms with E-state index in [-0.39, 0.29) is 5.82 Å². The van der Waals surface area contributed by atoms with Crippen molar-refractivity contribution in [3.63, 3.8) is 0 Å². The van der Waals surface area contributed by atoms with Gasteiger partial charge in [-0.15, -0.1) is 0 Å². The monoisotopic (exact) mass is 233 g/mol. The Morgan fingerprint density at radius 1 is 1.35 bits per heavy atom. The van der Waals surface area contributed by atoms with Crippen LogP contribution in [0.4, 0.5) is 10.3 Å². The lowest BCUT2D eigenvalue weighted by Gasteiger charge is -2.08. The predicted octanol–water partition coefficient (Wildman–Crippen LogP) is 2.81. The van der Waals surface area contributed by atoms with Gasteiger partial charge in [0.2, 0.25) is 5.95 Å². The Morgan fingerprint density at radius 2 is 2.12 bits per heavy atom. The molecular formula is C13H16FN3. The highest BCUT2D eigenvalue weighted by atomic mass is 19.1. The number of hydrogen-bond donors (Lipinski definition) is 1. The molecule has 0 fully saturated rings. The topological polar surface area (TPSA) is 29.9 Å². The summed E-state index contributed by atoms with van der Waals surface area (Å²) >= 11 is 0. The maximum atomic E-state index is 13.5. The van der Waals surface area contributed by atoms with Crippen LogP contribution in [0.3, 0.4) is 0 Å². The Kier molecular flexibility index (Phi) is 3.42. The maximum absolute atomic E-state index is 13.5. The van der Waals surface area contributed by atoms with Crippen LogP contribution in [0.2, 0.25) is 0 Å². The van der Waals surface area contributed by atoms with Crippen molar-refractivity contribution in [2.24, 2.45) is 0 Å². The van der Waals surface area contributed by atoms with Gasteiger partial charge in [-0.25, -0.2) is 9.37 Å². The van der Waals surface area contributed by atoms with Crippen LogP contribution in [0.15, 0.2) is 30.5 Å². The average molecular weight is 233 g/mol. The second-order valence-electron chi connectivity index (χ2n) is 3.96. The van der Waals surface area contributed by atoms with Crippen molar-refractivity contribution in [2.75, 3.05) is 11.9 Å². The third-order valence-electron chi connectivity index (χ3n) is 2.53. The standard InChI is InChI=1S/C13H16FN3/c1-3-15-13-16-10(2)8-17(13)9-11-6-4-5-7-12(11)14/h4-8H,3,9H2,1-2H3,(H,15,16). The van der Waals surface area contributed by atoms with Crippen LogP contribution in [-0.4, -0.2) is 16.1 Å². The van der Waals surface area contributed by atoms with Crippen LogP contribution in [0, 0.1) is 12.7 Å². The smallest absolute Gasteiger partial charge is 0.203 e. The summed E-state index contributed by atoms with van der Waals surface area (Å²) in [6.45, 7) is 5.24. The van der Waals surface area contributed by atoms with Gasteiger partial charge >= 0.3 is 0 Å². The third kappa shape index (κ3) is 2.64. The molecule has 3 nitrogen and oxygen atoms in total. The van der Waals surface area contributed by atoms with E-state index in [0.717, 1.165) is 18.2 Å². The first kappa shape index (κ1) is 11.6. The number of nitrogens with zero attached hydrogens (tertiary/aromatic N) is 2. The summed E-state index contributed by atoms with van der Waals surface area (Å²) in [7, 11) is 0. The fourth-order valence-electron chi connectivity index (χ4n) is 1.78. The minimum absolute atomic E-state index is 0.179. The summed E-state index contributed by atoms with van der Waals surface area (Å²) in [4.78, 5) is 4.36. The second kappa shape index (κ2) is 4.99. The van der Waals surface area contributed by atoms with Crippen LogP contribution in [0.25, 0.3) is 0 Å². The Balaban J connectivity index is 2.26. The summed E-state index contributed by atoms with van der Waals surface area (Å²) in [6.07, 6.45) is 1.92. The molecule has 0 aliphatic heterocycles. The van der Waals surface area contributed by atoms with Gasteiger partial charge in [0, 0.05) is 18.3 Å². The molecule has 90 valence electrons. The van der Waals surface area contributed by atoms with E-state index < -0.39 is 0 Å². The van der Waals surface area contributed by atoms with E-state index in [1.807, 2.05) is 30.7 Å². The van der Waals surface area contributed by atoms with Crippen LogP contribution >= 0.6 is 0 Å². The molecule has 2 rings (SSSR count). The lowest BCUT2D eigenvalue weighted by Crippen LogP contribution is -2.08. The molecule has 4 heteroatoms. The molecule has 0 saturated heterocycles. The lowest BCUT2D eigenvalue weighted by molar-refractivity contribution is 0.600. The third-order valence-corrected chi connectivity index (χ3v) is 2.53. The van der Waals surface area contributed by atoms with Gasteiger partial charge in [0.05, 0.1) is 12.2 Å². The molecule has 1 aromatic heterocycles. The zero-order valence-electron chi connectivity index (χ0n) is 10.1. The normalized spacial score (nSPS) is 10.5. The molecule has 2 aromatic rings. The Morgan fingerprint density at radius 3 is 2.82 bits per heavy atom. The van der Waals surface area contributed by atoms with E-state index in [1.165, 1.54) is 6.07 Å². The van der Waals surface area contributed by atoms with Crippen molar-refractivity contribution >= 4 is 5.95 Å². The highest BCUT2D eigenvalue weighted by Gasteiger charge is 2.07. The second-order valence-corrected chi connectivity index (χ2v) is 3.96. The SMILES string of the molecule is CCNc1nc(C)cn1Cc1ccccc1F. The van der Waals surface area contributed by atoms with Crippen LogP contribution in [0.5, 0.6) is 0 Å². The Bertz CT molecular complexity index is 505. The van der Waals surface area contributed by atoms with E-state index in [1.54, 1.807) is 12.1 Å². The minimum atomic E-state index is -0.179. The van der Waals surface area contributed by atoms with Gasteiger partial charge in [-0.05, 0) is 19.9 Å². The Hall–Kier alpha value is -1.84. The molecule has 1 aromatic carbocycles. The number of hydrogen-bond acceptors (Lipinski definition) is 2. The van der Waals surface area contributed by atoms with E-state index in [4.69, 9.17) is 0 Å². The molecule has 0 spiro atoms. The van der Waals surface area contributed by atoms with Crippen molar-refractivity contribution in [2.45, 2.75) is 20.4 Å². The molecule has 0 aliphatic carbocycles. The quantitative estimate of drug-likeness (QED) is 0.880. The molecule has 1 heterocycles. The minimum Gasteiger partial charge on any atom is -0.356 e. The molecular weight excluding hydrogens is 217 g/mol. The van der Waals surface area contributed by atoms with Crippen LogP contribution in [0.1, 0.15) is 18.2 Å². The molecule has 0 radical (unpaired) electrons. The number of imidazole rings is 1. The van der Waals surface area contributed by atoms with Gasteiger partial charge in [-0.1, -0.05) is 18.2 Å². The first-order valence-corrected chi connectivity index (χ1v) is 5.71. The number of nitrogens with one attached hydrogen (secondary N) is 1. The van der Waals surface area contributed by atoms with Gasteiger partial charge in [0.1, 0.15) is 5.82 Å². The molecule has 0 bridgehead atoms. The van der Waals surface area contributed by atoms with Crippen molar-refractivity contribution in [1.29, 1.82) is 0 Å². The highest BCUT2D eigenvalue weighted by Crippen LogP contribution is 2.14. The highest BCUT2D eigenvalue weighted by molar-refractivity contribution is 5.30. The van der Waals surface area contributed by atoms with Crippen molar-refractivity contribution in [3.05, 3.63) is 47.5 Å². The molecule has 17 heavy (non-hydrogen) atoms. The molecule has 0 saturated carbocycles. The van der Waals surface area contributed by atoms with E-state index >= 15 is 0 Å². The van der Waals surface area contributed by atoms with Crippen LogP contribution < -0.4 is 5.32 Å². The van der Waals surface area contributed by atoms with Crippen molar-refractivity contribution < 1.29 is 4.39 Å². The average Bonchev–Trinajstić information content (AvgIpc) is 2.63. The number of aryl methyl sites for hydroxylation is 1. The van der Waals surface area contributed by atoms with Gasteiger partial charge in [-0.2, -0.15) is 0 Å². The fourth-order valence-corrected chi connectivity index (χ4v) is 1.78. The zero-order valence-corrected chi connectivity index (χ0v) is 10.1. The number of halogens is 1. The fraction of sp³-hybridized carbons (Fsp3) is 0.308. The zero-order chi connectivity index (χ0) is 12.3. The Labute approximate surface area is 100 Å². The molecule has 0 atom stereocenters. The van der Waals surface area contributed by atoms with Crippen LogP contribution in [-0.2, 0) is 6.54 Å². The molecule has 0 amide bonds. The molecule has 1 N–H and O–H groups in total. The molecule has 0 aliphatic rings. The largest absolute Gasteiger partial charge is 0.356 e. The van der Waals surface area contributed by atoms with Gasteiger partial charge in [-0.3, -0.25) is 0 Å². The van der Waals surface area contributed by atoms with E-state index in [0.29, 0.717) is 12.1 Å². The van der Waals surface area contributed by atoms with E-state index in [9.17, 15) is 4.39 Å². The maximum Gasteiger partial charge on any atom is 0.203 e. The summed E-state index contributed by atoms with van der Waals surface area (Å²) in [6, 6.07) is 6.81.